The number of hydrogen-bond donors (Lipinski definition) is 1. The van der Waals surface area contributed by atoms with Gasteiger partial charge in [-0.2, -0.15) is 0 Å². The molecule has 1 aliphatic carbocycles. The summed E-state index contributed by atoms with van der Waals surface area (Å²) in [4.78, 5) is 14.9. The Labute approximate surface area is 118 Å². The van der Waals surface area contributed by atoms with Crippen LogP contribution in [0.25, 0.3) is 0 Å². The van der Waals surface area contributed by atoms with Crippen LogP contribution in [0.4, 0.5) is 0 Å². The lowest BCUT2D eigenvalue weighted by atomic mass is 9.86. The molecule has 3 atom stereocenters. The Balaban J connectivity index is 2.17. The summed E-state index contributed by atoms with van der Waals surface area (Å²) in [6.45, 7) is 9.02. The predicted molar refractivity (Wildman–Crippen MR) is 78.8 cm³/mol. The second kappa shape index (κ2) is 5.82. The summed E-state index contributed by atoms with van der Waals surface area (Å²) >= 11 is 0. The molecule has 19 heavy (non-hydrogen) atoms. The molecule has 2 aliphatic rings. The third-order valence-corrected chi connectivity index (χ3v) is 4.96. The van der Waals surface area contributed by atoms with Gasteiger partial charge in [0.2, 0.25) is 5.91 Å². The quantitative estimate of drug-likeness (QED) is 0.828. The van der Waals surface area contributed by atoms with Crippen molar-refractivity contribution in [3.63, 3.8) is 0 Å². The third kappa shape index (κ3) is 2.81. The summed E-state index contributed by atoms with van der Waals surface area (Å²) in [6.07, 6.45) is 8.23. The first-order valence-corrected chi connectivity index (χ1v) is 8.09. The number of carbonyl (C=O) groups excluding carboxylic acids is 1. The number of amides is 1. The molecule has 0 aromatic rings. The van der Waals surface area contributed by atoms with E-state index in [0.717, 1.165) is 25.7 Å². The van der Waals surface area contributed by atoms with Gasteiger partial charge < -0.3 is 4.90 Å². The third-order valence-electron chi connectivity index (χ3n) is 4.96. The van der Waals surface area contributed by atoms with Crippen molar-refractivity contribution in [3.05, 3.63) is 0 Å². The Bertz CT molecular complexity index is 327. The van der Waals surface area contributed by atoms with E-state index in [-0.39, 0.29) is 17.6 Å². The topological polar surface area (TPSA) is 32.3 Å². The highest BCUT2D eigenvalue weighted by Crippen LogP contribution is 2.42. The summed E-state index contributed by atoms with van der Waals surface area (Å²) in [5, 5.41) is 3.58. The monoisotopic (exact) mass is 266 g/mol. The number of nitrogens with one attached hydrogen (secondary N) is 1. The highest BCUT2D eigenvalue weighted by molar-refractivity contribution is 5.84. The lowest BCUT2D eigenvalue weighted by Crippen LogP contribution is -2.49. The fraction of sp³-hybridized carbons (Fsp3) is 0.938. The predicted octanol–water partition coefficient (Wildman–Crippen LogP) is 3.29. The van der Waals surface area contributed by atoms with Crippen molar-refractivity contribution in [2.75, 3.05) is 0 Å². The molecule has 2 fully saturated rings. The van der Waals surface area contributed by atoms with E-state index in [1.54, 1.807) is 0 Å². The number of carbonyl (C=O) groups is 1. The van der Waals surface area contributed by atoms with Gasteiger partial charge in [-0.25, -0.2) is 0 Å². The van der Waals surface area contributed by atoms with Crippen molar-refractivity contribution in [2.45, 2.75) is 90.9 Å². The average Bonchev–Trinajstić information content (AvgIpc) is 2.82. The van der Waals surface area contributed by atoms with Crippen LogP contribution in [0.5, 0.6) is 0 Å². The number of rotatable bonds is 5. The first-order chi connectivity index (χ1) is 9.01. The Hall–Kier alpha value is -0.570. The summed E-state index contributed by atoms with van der Waals surface area (Å²) in [5.41, 5.74) is 0.282. The maximum Gasteiger partial charge on any atom is 0.241 e. The maximum atomic E-state index is 12.7. The molecule has 1 saturated carbocycles. The number of hydrogen-bond acceptors (Lipinski definition) is 2. The van der Waals surface area contributed by atoms with E-state index in [1.807, 2.05) is 0 Å². The van der Waals surface area contributed by atoms with Gasteiger partial charge in [-0.3, -0.25) is 10.1 Å². The molecule has 0 spiro atoms. The molecule has 1 aliphatic heterocycles. The fourth-order valence-electron chi connectivity index (χ4n) is 3.90. The molecular weight excluding hydrogens is 236 g/mol. The highest BCUT2D eigenvalue weighted by atomic mass is 16.2. The van der Waals surface area contributed by atoms with E-state index < -0.39 is 0 Å². The van der Waals surface area contributed by atoms with Gasteiger partial charge in [0.25, 0.3) is 0 Å². The van der Waals surface area contributed by atoms with Crippen LogP contribution >= 0.6 is 0 Å². The first kappa shape index (κ1) is 14.8. The highest BCUT2D eigenvalue weighted by Gasteiger charge is 2.47. The van der Waals surface area contributed by atoms with Crippen LogP contribution in [-0.4, -0.2) is 29.1 Å². The molecule has 1 heterocycles. The fourth-order valence-corrected chi connectivity index (χ4v) is 3.90. The summed E-state index contributed by atoms with van der Waals surface area (Å²) in [6, 6.07) is 0.504. The lowest BCUT2D eigenvalue weighted by molar-refractivity contribution is -0.134. The second-order valence-corrected chi connectivity index (χ2v) is 6.95. The zero-order valence-electron chi connectivity index (χ0n) is 13.0. The van der Waals surface area contributed by atoms with Gasteiger partial charge in [0, 0.05) is 6.04 Å². The summed E-state index contributed by atoms with van der Waals surface area (Å²) < 4.78 is 0. The molecule has 1 N–H and O–H groups in total. The van der Waals surface area contributed by atoms with E-state index >= 15 is 0 Å². The van der Waals surface area contributed by atoms with Crippen molar-refractivity contribution in [1.29, 1.82) is 0 Å². The average molecular weight is 266 g/mol. The minimum absolute atomic E-state index is 0.0675. The summed E-state index contributed by atoms with van der Waals surface area (Å²) in [5.74, 6) is 0.361. The summed E-state index contributed by atoms with van der Waals surface area (Å²) in [7, 11) is 0. The molecule has 3 unspecified atom stereocenters. The lowest BCUT2D eigenvalue weighted by Gasteiger charge is -2.38. The van der Waals surface area contributed by atoms with E-state index in [9.17, 15) is 4.79 Å². The van der Waals surface area contributed by atoms with Crippen LogP contribution < -0.4 is 5.32 Å². The molecule has 1 saturated heterocycles. The zero-order valence-corrected chi connectivity index (χ0v) is 13.0. The Morgan fingerprint density at radius 3 is 2.47 bits per heavy atom. The van der Waals surface area contributed by atoms with Crippen molar-refractivity contribution < 1.29 is 4.79 Å². The molecule has 2 rings (SSSR count). The minimum atomic E-state index is 0.0675. The van der Waals surface area contributed by atoms with Gasteiger partial charge in [-0.05, 0) is 31.1 Å². The van der Waals surface area contributed by atoms with Gasteiger partial charge in [-0.1, -0.05) is 47.0 Å². The van der Waals surface area contributed by atoms with Crippen molar-refractivity contribution >= 4 is 5.91 Å². The molecule has 3 heteroatoms. The maximum absolute atomic E-state index is 12.7. The SMILES string of the molecule is CCCC1NC(CCC)N(C2CCCC2(C)C)C1=O. The van der Waals surface area contributed by atoms with Gasteiger partial charge in [-0.15, -0.1) is 0 Å². The number of nitrogens with zero attached hydrogens (tertiary/aromatic N) is 1. The Morgan fingerprint density at radius 2 is 1.95 bits per heavy atom. The smallest absolute Gasteiger partial charge is 0.241 e. The van der Waals surface area contributed by atoms with Crippen molar-refractivity contribution in [2.24, 2.45) is 5.41 Å². The molecule has 1 amide bonds. The van der Waals surface area contributed by atoms with Gasteiger partial charge >= 0.3 is 0 Å². The largest absolute Gasteiger partial charge is 0.322 e. The minimum Gasteiger partial charge on any atom is -0.322 e. The molecule has 0 aromatic carbocycles. The van der Waals surface area contributed by atoms with Gasteiger partial charge in [0.1, 0.15) is 0 Å². The Kier molecular flexibility index (Phi) is 4.54. The van der Waals surface area contributed by atoms with Crippen LogP contribution in [0.1, 0.15) is 72.6 Å². The van der Waals surface area contributed by atoms with Crippen LogP contribution in [-0.2, 0) is 4.79 Å². The van der Waals surface area contributed by atoms with Gasteiger partial charge in [0.05, 0.1) is 12.2 Å². The van der Waals surface area contributed by atoms with Crippen LogP contribution in [0, 0.1) is 5.41 Å². The van der Waals surface area contributed by atoms with Crippen LogP contribution in [0.15, 0.2) is 0 Å². The van der Waals surface area contributed by atoms with Gasteiger partial charge in [0.15, 0.2) is 0 Å². The van der Waals surface area contributed by atoms with Crippen molar-refractivity contribution in [1.82, 2.24) is 10.2 Å². The van der Waals surface area contributed by atoms with Crippen LogP contribution in [0.3, 0.4) is 0 Å². The van der Waals surface area contributed by atoms with E-state index in [1.165, 1.54) is 19.3 Å². The second-order valence-electron chi connectivity index (χ2n) is 6.95. The van der Waals surface area contributed by atoms with Crippen molar-refractivity contribution in [3.8, 4) is 0 Å². The first-order valence-electron chi connectivity index (χ1n) is 8.09. The standard InChI is InChI=1S/C16H30N2O/c1-5-8-12-15(19)18(14(17-12)9-6-2)13-10-7-11-16(13,3)4/h12-14,17H,5-11H2,1-4H3. The van der Waals surface area contributed by atoms with E-state index in [0.29, 0.717) is 11.9 Å². The molecule has 0 bridgehead atoms. The molecule has 0 radical (unpaired) electrons. The van der Waals surface area contributed by atoms with E-state index in [2.05, 4.69) is 37.9 Å². The molecule has 0 aromatic heterocycles. The van der Waals surface area contributed by atoms with Crippen LogP contribution in [0.2, 0.25) is 0 Å². The Morgan fingerprint density at radius 1 is 1.26 bits per heavy atom. The normalized spacial score (nSPS) is 34.2. The van der Waals surface area contributed by atoms with E-state index in [4.69, 9.17) is 0 Å². The zero-order chi connectivity index (χ0) is 14.0. The molecule has 110 valence electrons. The molecule has 3 nitrogen and oxygen atoms in total. The molecular formula is C16H30N2O.